The number of hydrogen-bond donors (Lipinski definition) is 0. The van der Waals surface area contributed by atoms with Crippen molar-refractivity contribution in [2.24, 2.45) is 0 Å². The number of aryl methyl sites for hydroxylation is 1. The second kappa shape index (κ2) is 9.25. The van der Waals surface area contributed by atoms with Gasteiger partial charge in [-0.25, -0.2) is 4.98 Å². The summed E-state index contributed by atoms with van der Waals surface area (Å²) in [4.78, 5) is 5.46. The number of imidazole rings is 1. The van der Waals surface area contributed by atoms with Crippen molar-refractivity contribution in [1.29, 1.82) is 0 Å². The molecule has 3 heteroatoms. The fourth-order valence-electron chi connectivity index (χ4n) is 7.46. The lowest BCUT2D eigenvalue weighted by molar-refractivity contribution is 1.23. The van der Waals surface area contributed by atoms with Crippen LogP contribution >= 0.6 is 11.3 Å². The standard InChI is InChI=1S/C42H26N2S/c1-25-11-8-12-26-23-36-33-19-9-20-34(41(33)45-39(36)24-35(25)26)42-43-37-21-10-18-32-30-16-5-3-14-28(30)27-13-2-4-15-29(27)31-17-6-7-22-38(31)44(42)40(32)37/h2-24H,1H3. The Hall–Kier alpha value is -5.51. The maximum atomic E-state index is 5.46. The lowest BCUT2D eigenvalue weighted by Crippen LogP contribution is -1.91. The molecular weight excluding hydrogens is 565 g/mol. The van der Waals surface area contributed by atoms with Gasteiger partial charge >= 0.3 is 0 Å². The van der Waals surface area contributed by atoms with Crippen molar-refractivity contribution < 1.29 is 0 Å². The predicted molar refractivity (Wildman–Crippen MR) is 195 cm³/mol. The summed E-state index contributed by atoms with van der Waals surface area (Å²) in [5.41, 5.74) is 5.75. The Morgan fingerprint density at radius 3 is 1.93 bits per heavy atom. The van der Waals surface area contributed by atoms with Crippen LogP contribution in [0.4, 0.5) is 0 Å². The fourth-order valence-corrected chi connectivity index (χ4v) is 8.70. The number of benzene rings is 7. The van der Waals surface area contributed by atoms with E-state index in [4.69, 9.17) is 4.98 Å². The Bertz CT molecular complexity index is 2890. The topological polar surface area (TPSA) is 17.3 Å². The second-order valence-corrected chi connectivity index (χ2v) is 13.0. The van der Waals surface area contributed by atoms with Crippen LogP contribution in [0.2, 0.25) is 0 Å². The molecule has 0 amide bonds. The molecule has 45 heavy (non-hydrogen) atoms. The van der Waals surface area contributed by atoms with E-state index in [0.29, 0.717) is 0 Å². The van der Waals surface area contributed by atoms with Crippen LogP contribution in [-0.2, 0) is 0 Å². The molecule has 0 saturated carbocycles. The molecule has 10 aromatic rings. The maximum absolute atomic E-state index is 5.46. The second-order valence-electron chi connectivity index (χ2n) is 12.0. The molecule has 210 valence electrons. The molecule has 0 saturated heterocycles. The number of thiophene rings is 1. The molecule has 3 aromatic heterocycles. The lowest BCUT2D eigenvalue weighted by atomic mass is 10.0. The van der Waals surface area contributed by atoms with Crippen molar-refractivity contribution >= 4 is 91.1 Å². The van der Waals surface area contributed by atoms with Crippen LogP contribution in [0.5, 0.6) is 0 Å². The quantitative estimate of drug-likeness (QED) is 0.186. The SMILES string of the molecule is Cc1cccc2cc3c(cc12)sc1c(-c2nc4cccc5c6ccccc6c6ccccc6c6ccccc6n2c45)cccc13. The number of para-hydroxylation sites is 2. The molecule has 2 nitrogen and oxygen atoms in total. The highest BCUT2D eigenvalue weighted by atomic mass is 32.1. The molecule has 3 heterocycles. The average Bonchev–Trinajstić information content (AvgIpc) is 3.66. The molecule has 0 aliphatic carbocycles. The van der Waals surface area contributed by atoms with E-state index < -0.39 is 0 Å². The molecule has 0 bridgehead atoms. The first-order valence-corrected chi connectivity index (χ1v) is 16.2. The van der Waals surface area contributed by atoms with Crippen LogP contribution in [0.1, 0.15) is 5.56 Å². The van der Waals surface area contributed by atoms with Gasteiger partial charge in [0.25, 0.3) is 0 Å². The van der Waals surface area contributed by atoms with Crippen LogP contribution in [0, 0.1) is 6.92 Å². The van der Waals surface area contributed by atoms with Crippen molar-refractivity contribution in [3.63, 3.8) is 0 Å². The van der Waals surface area contributed by atoms with Gasteiger partial charge in [0, 0.05) is 36.5 Å². The first-order valence-electron chi connectivity index (χ1n) is 15.4. The van der Waals surface area contributed by atoms with Crippen LogP contribution in [0.15, 0.2) is 140 Å². The summed E-state index contributed by atoms with van der Waals surface area (Å²) >= 11 is 1.88. The van der Waals surface area contributed by atoms with Gasteiger partial charge in [0.1, 0.15) is 5.82 Å². The highest BCUT2D eigenvalue weighted by Gasteiger charge is 2.19. The highest BCUT2D eigenvalue weighted by Crippen LogP contribution is 2.43. The van der Waals surface area contributed by atoms with Gasteiger partial charge in [-0.2, -0.15) is 0 Å². The van der Waals surface area contributed by atoms with Gasteiger partial charge in [-0.1, -0.05) is 109 Å². The number of hydrogen-bond acceptors (Lipinski definition) is 2. The van der Waals surface area contributed by atoms with E-state index in [-0.39, 0.29) is 0 Å². The van der Waals surface area contributed by atoms with Gasteiger partial charge in [0.05, 0.1) is 16.6 Å². The summed E-state index contributed by atoms with van der Waals surface area (Å²) in [7, 11) is 0. The van der Waals surface area contributed by atoms with E-state index in [0.717, 1.165) is 27.9 Å². The summed E-state index contributed by atoms with van der Waals surface area (Å²) in [6.45, 7) is 2.20. The molecule has 0 radical (unpaired) electrons. The largest absolute Gasteiger partial charge is 0.291 e. The van der Waals surface area contributed by atoms with Crippen molar-refractivity contribution in [3.05, 3.63) is 145 Å². The third-order valence-electron chi connectivity index (χ3n) is 9.50. The molecule has 0 fully saturated rings. The van der Waals surface area contributed by atoms with Crippen molar-refractivity contribution in [3.8, 4) is 11.4 Å². The highest BCUT2D eigenvalue weighted by molar-refractivity contribution is 7.26. The van der Waals surface area contributed by atoms with Gasteiger partial charge in [0.2, 0.25) is 0 Å². The van der Waals surface area contributed by atoms with E-state index in [1.807, 2.05) is 11.3 Å². The first-order chi connectivity index (χ1) is 22.2. The normalized spacial score (nSPS) is 12.1. The summed E-state index contributed by atoms with van der Waals surface area (Å²) in [5, 5.41) is 12.5. The minimum absolute atomic E-state index is 0.972. The maximum Gasteiger partial charge on any atom is 0.147 e. The van der Waals surface area contributed by atoms with E-state index >= 15 is 0 Å². The summed E-state index contributed by atoms with van der Waals surface area (Å²) in [6, 6.07) is 51.1. The van der Waals surface area contributed by atoms with Crippen LogP contribution in [0.25, 0.3) is 91.2 Å². The predicted octanol–water partition coefficient (Wildman–Crippen LogP) is 12.0. The van der Waals surface area contributed by atoms with E-state index in [1.54, 1.807) is 0 Å². The molecule has 0 N–H and O–H groups in total. The van der Waals surface area contributed by atoms with Crippen LogP contribution in [0.3, 0.4) is 0 Å². The van der Waals surface area contributed by atoms with Crippen molar-refractivity contribution in [2.75, 3.05) is 0 Å². The number of rotatable bonds is 1. The molecule has 10 rings (SSSR count). The summed E-state index contributed by atoms with van der Waals surface area (Å²) in [5.74, 6) is 0.972. The third kappa shape index (κ3) is 3.47. The number of nitrogens with zero attached hydrogens (tertiary/aromatic N) is 2. The van der Waals surface area contributed by atoms with Crippen molar-refractivity contribution in [2.45, 2.75) is 6.92 Å². The fraction of sp³-hybridized carbons (Fsp3) is 0.0238. The average molecular weight is 591 g/mol. The summed E-state index contributed by atoms with van der Waals surface area (Å²) in [6.07, 6.45) is 0. The molecular formula is C42H26N2S. The van der Waals surface area contributed by atoms with Gasteiger partial charge in [0.15, 0.2) is 0 Å². The van der Waals surface area contributed by atoms with Gasteiger partial charge < -0.3 is 0 Å². The van der Waals surface area contributed by atoms with Gasteiger partial charge in [-0.3, -0.25) is 4.40 Å². The van der Waals surface area contributed by atoms with Gasteiger partial charge in [-0.15, -0.1) is 11.3 Å². The zero-order valence-electron chi connectivity index (χ0n) is 24.6. The van der Waals surface area contributed by atoms with E-state index in [1.165, 1.54) is 68.8 Å². The Morgan fingerprint density at radius 1 is 0.511 bits per heavy atom. The molecule has 0 atom stereocenters. The number of aromatic nitrogens is 2. The summed E-state index contributed by atoms with van der Waals surface area (Å²) < 4.78 is 5.01. The van der Waals surface area contributed by atoms with E-state index in [2.05, 4.69) is 151 Å². The molecule has 0 aliphatic rings. The smallest absolute Gasteiger partial charge is 0.147 e. The zero-order chi connectivity index (χ0) is 29.6. The van der Waals surface area contributed by atoms with Crippen LogP contribution < -0.4 is 0 Å². The molecule has 0 spiro atoms. The van der Waals surface area contributed by atoms with Crippen LogP contribution in [-0.4, -0.2) is 9.38 Å². The lowest BCUT2D eigenvalue weighted by Gasteiger charge is -2.07. The third-order valence-corrected chi connectivity index (χ3v) is 10.7. The Balaban J connectivity index is 1.46. The minimum Gasteiger partial charge on any atom is -0.291 e. The molecule has 0 aliphatic heterocycles. The Morgan fingerprint density at radius 2 is 1.13 bits per heavy atom. The minimum atomic E-state index is 0.972. The monoisotopic (exact) mass is 590 g/mol. The first kappa shape index (κ1) is 24.9. The zero-order valence-corrected chi connectivity index (χ0v) is 25.4. The molecule has 7 aromatic carbocycles. The Kier molecular flexibility index (Phi) is 5.11. The van der Waals surface area contributed by atoms with Gasteiger partial charge in [-0.05, 0) is 75.1 Å². The number of fused-ring (bicyclic) bond motifs is 11. The Labute approximate surface area is 263 Å². The van der Waals surface area contributed by atoms with Crippen molar-refractivity contribution in [1.82, 2.24) is 9.38 Å². The molecule has 0 unspecified atom stereocenters. The van der Waals surface area contributed by atoms with E-state index in [9.17, 15) is 0 Å².